The summed E-state index contributed by atoms with van der Waals surface area (Å²) in [5.74, 6) is -1.49. The first-order chi connectivity index (χ1) is 9.47. The second-order valence-corrected chi connectivity index (χ2v) is 5.02. The number of nitrogen functional groups attached to an aromatic ring is 1. The topological polar surface area (TPSA) is 47.3 Å². The number of nitrogens with one attached hydrogen (secondary N) is 1. The van der Waals surface area contributed by atoms with Gasteiger partial charge in [0.2, 0.25) is 0 Å². The van der Waals surface area contributed by atoms with Gasteiger partial charge in [-0.25, -0.2) is 4.39 Å². The number of nitrogens with two attached hydrogens (primary N) is 1. The minimum Gasteiger partial charge on any atom is -0.432 e. The molecule has 0 aromatic heterocycles. The molecule has 2 aromatic rings. The van der Waals surface area contributed by atoms with Gasteiger partial charge in [0.25, 0.3) is 0 Å². The van der Waals surface area contributed by atoms with Crippen LogP contribution in [-0.2, 0) is 0 Å². The van der Waals surface area contributed by atoms with Crippen molar-refractivity contribution in [3.05, 3.63) is 45.8 Å². The molecule has 0 fully saturated rings. The summed E-state index contributed by atoms with van der Waals surface area (Å²) in [6.45, 7) is -3.10. The van der Waals surface area contributed by atoms with E-state index < -0.39 is 18.2 Å². The number of alkyl halides is 2. The Bertz CT molecular complexity index is 623. The lowest BCUT2D eigenvalue weighted by molar-refractivity contribution is -0.0521. The minimum absolute atomic E-state index is 0.101. The molecule has 0 aliphatic heterocycles. The Morgan fingerprint density at radius 1 is 1.15 bits per heavy atom. The van der Waals surface area contributed by atoms with Crippen LogP contribution in [0.3, 0.4) is 0 Å². The van der Waals surface area contributed by atoms with Gasteiger partial charge in [-0.1, -0.05) is 12.1 Å². The molecule has 2 rings (SSSR count). The molecule has 0 spiro atoms. The summed E-state index contributed by atoms with van der Waals surface area (Å²) in [6.07, 6.45) is 0. The van der Waals surface area contributed by atoms with Gasteiger partial charge in [-0.3, -0.25) is 0 Å². The molecular formula is C13H10F3IN2O. The second kappa shape index (κ2) is 6.21. The van der Waals surface area contributed by atoms with E-state index in [0.717, 1.165) is 21.4 Å². The number of ether oxygens (including phenoxy) is 1. The van der Waals surface area contributed by atoms with Crippen molar-refractivity contribution in [1.29, 1.82) is 0 Å². The first-order valence-electron chi connectivity index (χ1n) is 5.52. The molecule has 0 aliphatic carbocycles. The molecule has 0 atom stereocenters. The van der Waals surface area contributed by atoms with Crippen LogP contribution < -0.4 is 15.8 Å². The maximum absolute atomic E-state index is 13.4. The van der Waals surface area contributed by atoms with Crippen LogP contribution in [0.15, 0.2) is 36.4 Å². The lowest BCUT2D eigenvalue weighted by Crippen LogP contribution is -2.06. The zero-order valence-corrected chi connectivity index (χ0v) is 12.2. The van der Waals surface area contributed by atoms with Crippen molar-refractivity contribution in [2.45, 2.75) is 6.61 Å². The van der Waals surface area contributed by atoms with Crippen molar-refractivity contribution in [3.63, 3.8) is 0 Å². The van der Waals surface area contributed by atoms with Crippen molar-refractivity contribution in [2.24, 2.45) is 0 Å². The van der Waals surface area contributed by atoms with Crippen molar-refractivity contribution >= 4 is 39.7 Å². The van der Waals surface area contributed by atoms with Crippen molar-refractivity contribution in [2.75, 3.05) is 11.1 Å². The zero-order chi connectivity index (χ0) is 14.7. The number of para-hydroxylation sites is 1. The van der Waals surface area contributed by atoms with Gasteiger partial charge in [0, 0.05) is 15.7 Å². The van der Waals surface area contributed by atoms with Crippen LogP contribution in [0.25, 0.3) is 0 Å². The van der Waals surface area contributed by atoms with E-state index in [9.17, 15) is 13.2 Å². The van der Waals surface area contributed by atoms with Gasteiger partial charge in [0.1, 0.15) is 0 Å². The highest BCUT2D eigenvalue weighted by molar-refractivity contribution is 14.1. The number of halogens is 4. The van der Waals surface area contributed by atoms with Crippen molar-refractivity contribution in [1.82, 2.24) is 0 Å². The Balaban J connectivity index is 2.34. The summed E-state index contributed by atoms with van der Waals surface area (Å²) in [7, 11) is 0. The lowest BCUT2D eigenvalue weighted by atomic mass is 10.2. The van der Waals surface area contributed by atoms with Gasteiger partial charge in [0.05, 0.1) is 17.1 Å². The highest BCUT2D eigenvalue weighted by Gasteiger charge is 2.14. The van der Waals surface area contributed by atoms with Crippen molar-refractivity contribution < 1.29 is 17.9 Å². The van der Waals surface area contributed by atoms with E-state index in [1.807, 2.05) is 12.1 Å². The molecule has 0 amide bonds. The van der Waals surface area contributed by atoms with Crippen LogP contribution in [-0.4, -0.2) is 6.61 Å². The zero-order valence-electron chi connectivity index (χ0n) is 10.0. The Hall–Kier alpha value is -1.64. The largest absolute Gasteiger partial charge is 0.432 e. The van der Waals surface area contributed by atoms with E-state index in [-0.39, 0.29) is 5.69 Å². The van der Waals surface area contributed by atoms with E-state index >= 15 is 0 Å². The molecule has 2 aromatic carbocycles. The lowest BCUT2D eigenvalue weighted by Gasteiger charge is -2.13. The quantitative estimate of drug-likeness (QED) is 0.599. The summed E-state index contributed by atoms with van der Waals surface area (Å²) in [4.78, 5) is 0. The second-order valence-electron chi connectivity index (χ2n) is 3.85. The average Bonchev–Trinajstić information content (AvgIpc) is 2.37. The SMILES string of the molecule is Nc1cc(F)c(OC(F)F)cc1Nc1ccccc1I. The van der Waals surface area contributed by atoms with Crippen LogP contribution in [0, 0.1) is 9.39 Å². The van der Waals surface area contributed by atoms with Crippen molar-refractivity contribution in [3.8, 4) is 5.75 Å². The average molecular weight is 394 g/mol. The van der Waals surface area contributed by atoms with E-state index in [1.165, 1.54) is 0 Å². The third-order valence-electron chi connectivity index (χ3n) is 2.46. The van der Waals surface area contributed by atoms with Gasteiger partial charge in [-0.2, -0.15) is 8.78 Å². The predicted molar refractivity (Wildman–Crippen MR) is 79.9 cm³/mol. The van der Waals surface area contributed by atoms with Crippen LogP contribution in [0.2, 0.25) is 0 Å². The summed E-state index contributed by atoms with van der Waals surface area (Å²) in [6, 6.07) is 9.36. The molecule has 0 bridgehead atoms. The molecule has 20 heavy (non-hydrogen) atoms. The highest BCUT2D eigenvalue weighted by atomic mass is 127. The third-order valence-corrected chi connectivity index (χ3v) is 3.40. The Morgan fingerprint density at radius 3 is 2.50 bits per heavy atom. The molecule has 0 unspecified atom stereocenters. The molecular weight excluding hydrogens is 384 g/mol. The molecule has 3 nitrogen and oxygen atoms in total. The molecule has 3 N–H and O–H groups in total. The fourth-order valence-electron chi connectivity index (χ4n) is 1.57. The van der Waals surface area contributed by atoms with Crippen LogP contribution in [0.4, 0.5) is 30.2 Å². The molecule has 7 heteroatoms. The molecule has 0 heterocycles. The van der Waals surface area contributed by atoms with E-state index in [1.54, 1.807) is 12.1 Å². The van der Waals surface area contributed by atoms with E-state index in [2.05, 4.69) is 32.6 Å². The molecule has 0 aliphatic rings. The molecule has 0 radical (unpaired) electrons. The van der Waals surface area contributed by atoms with Crippen LogP contribution >= 0.6 is 22.6 Å². The normalized spacial score (nSPS) is 10.7. The first-order valence-corrected chi connectivity index (χ1v) is 6.60. The van der Waals surface area contributed by atoms with Gasteiger partial charge in [-0.15, -0.1) is 0 Å². The minimum atomic E-state index is -3.10. The van der Waals surface area contributed by atoms with E-state index in [0.29, 0.717) is 5.69 Å². The number of anilines is 3. The monoisotopic (exact) mass is 394 g/mol. The smallest absolute Gasteiger partial charge is 0.387 e. The first kappa shape index (κ1) is 14.8. The summed E-state index contributed by atoms with van der Waals surface area (Å²) in [5, 5.41) is 2.96. The Kier molecular flexibility index (Phi) is 4.58. The summed E-state index contributed by atoms with van der Waals surface area (Å²) < 4.78 is 42.8. The molecule has 0 saturated carbocycles. The molecule has 0 saturated heterocycles. The summed E-state index contributed by atoms with van der Waals surface area (Å²) >= 11 is 2.11. The Labute approximate surface area is 127 Å². The number of rotatable bonds is 4. The predicted octanol–water partition coefficient (Wildman–Crippen LogP) is 4.36. The van der Waals surface area contributed by atoms with Crippen LogP contribution in [0.1, 0.15) is 0 Å². The fourth-order valence-corrected chi connectivity index (χ4v) is 2.09. The maximum atomic E-state index is 13.4. The summed E-state index contributed by atoms with van der Waals surface area (Å²) in [5.41, 5.74) is 6.80. The third kappa shape index (κ3) is 3.47. The number of hydrogen-bond acceptors (Lipinski definition) is 3. The Morgan fingerprint density at radius 2 is 1.85 bits per heavy atom. The van der Waals surface area contributed by atoms with E-state index in [4.69, 9.17) is 5.73 Å². The fraction of sp³-hybridized carbons (Fsp3) is 0.0769. The van der Waals surface area contributed by atoms with Gasteiger partial charge in [-0.05, 0) is 34.7 Å². The van der Waals surface area contributed by atoms with Gasteiger partial charge in [0.15, 0.2) is 11.6 Å². The standard InChI is InChI=1S/C13H10F3IN2O/c14-7-5-9(18)11(6-12(7)20-13(15)16)19-10-4-2-1-3-8(10)17/h1-6,13,19H,18H2. The number of hydrogen-bond donors (Lipinski definition) is 2. The molecule has 106 valence electrons. The highest BCUT2D eigenvalue weighted by Crippen LogP contribution is 2.32. The van der Waals surface area contributed by atoms with Gasteiger partial charge < -0.3 is 15.8 Å². The van der Waals surface area contributed by atoms with Gasteiger partial charge >= 0.3 is 6.61 Å². The van der Waals surface area contributed by atoms with Crippen LogP contribution in [0.5, 0.6) is 5.75 Å². The maximum Gasteiger partial charge on any atom is 0.387 e. The number of benzene rings is 2.